The Kier molecular flexibility index (Phi) is 8.24. The molecule has 238 valence electrons. The summed E-state index contributed by atoms with van der Waals surface area (Å²) in [7, 11) is -4.33. The summed E-state index contributed by atoms with van der Waals surface area (Å²) in [6.45, 7) is 0.873. The Balaban J connectivity index is 1.23. The third-order valence-corrected chi connectivity index (χ3v) is 10.3. The van der Waals surface area contributed by atoms with Gasteiger partial charge in [-0.25, -0.2) is 9.55 Å². The van der Waals surface area contributed by atoms with Gasteiger partial charge >= 0.3 is 13.7 Å². The van der Waals surface area contributed by atoms with Crippen LogP contribution in [0.15, 0.2) is 30.6 Å². The van der Waals surface area contributed by atoms with Crippen LogP contribution in [0.2, 0.25) is 5.02 Å². The predicted molar refractivity (Wildman–Crippen MR) is 158 cm³/mol. The number of ether oxygens (including phenoxy) is 2. The Bertz CT molecular complexity index is 1580. The van der Waals surface area contributed by atoms with E-state index < -0.39 is 49.9 Å². The first-order chi connectivity index (χ1) is 20.9. The van der Waals surface area contributed by atoms with Crippen molar-refractivity contribution in [3.63, 3.8) is 0 Å². The first kappa shape index (κ1) is 31.0. The van der Waals surface area contributed by atoms with E-state index in [-0.39, 0.29) is 34.8 Å². The lowest BCUT2D eigenvalue weighted by Gasteiger charge is -2.41. The van der Waals surface area contributed by atoms with Crippen LogP contribution in [0.3, 0.4) is 0 Å². The van der Waals surface area contributed by atoms with E-state index in [1.165, 1.54) is 30.0 Å². The lowest BCUT2D eigenvalue weighted by Crippen LogP contribution is -2.57. The largest absolute Gasteiger partial charge is 0.461 e. The van der Waals surface area contributed by atoms with Gasteiger partial charge < -0.3 is 35.7 Å². The van der Waals surface area contributed by atoms with Gasteiger partial charge in [0.25, 0.3) is 0 Å². The zero-order valence-corrected chi connectivity index (χ0v) is 25.6. The third kappa shape index (κ3) is 5.85. The van der Waals surface area contributed by atoms with Gasteiger partial charge in [0.15, 0.2) is 17.7 Å². The molecule has 0 bridgehead atoms. The molecule has 2 saturated carbocycles. The molecular weight excluding hydrogens is 617 g/mol. The highest BCUT2D eigenvalue weighted by molar-refractivity contribution is 7.52. The highest BCUT2D eigenvalue weighted by Gasteiger charge is 2.56. The number of hydrogen-bond acceptors (Lipinski definition) is 13. The molecule has 3 fully saturated rings. The predicted octanol–water partition coefficient (Wildman–Crippen LogP) is 2.86. The number of nitrogens with zero attached hydrogens (tertiary/aromatic N) is 4. The van der Waals surface area contributed by atoms with Crippen molar-refractivity contribution in [2.24, 2.45) is 0 Å². The maximum atomic E-state index is 14.3. The van der Waals surface area contributed by atoms with Gasteiger partial charge in [0.05, 0.1) is 12.9 Å². The topological polar surface area (TPSA) is 219 Å². The van der Waals surface area contributed by atoms with Gasteiger partial charge in [-0.15, -0.1) is 0 Å². The molecule has 3 unspecified atom stereocenters. The summed E-state index contributed by atoms with van der Waals surface area (Å²) in [5.74, 6) is -0.419. The van der Waals surface area contributed by atoms with E-state index >= 15 is 0 Å². The zero-order valence-electron chi connectivity index (χ0n) is 24.0. The number of halogens is 1. The molecule has 2 aromatic heterocycles. The summed E-state index contributed by atoms with van der Waals surface area (Å²) in [6, 6.07) is 6.13. The number of nitrogen functional groups attached to an aromatic ring is 2. The van der Waals surface area contributed by atoms with Crippen LogP contribution >= 0.6 is 19.3 Å². The van der Waals surface area contributed by atoms with Crippen molar-refractivity contribution in [3.8, 4) is 5.75 Å². The molecule has 3 aliphatic rings. The molecule has 1 saturated heterocycles. The van der Waals surface area contributed by atoms with Crippen LogP contribution in [0.1, 0.15) is 58.1 Å². The number of hydrogen-bond donors (Lipinski definition) is 5. The van der Waals surface area contributed by atoms with Crippen LogP contribution in [0.5, 0.6) is 5.75 Å². The van der Waals surface area contributed by atoms with E-state index in [1.807, 2.05) is 0 Å². The minimum Gasteiger partial charge on any atom is -0.461 e. The summed E-state index contributed by atoms with van der Waals surface area (Å²) < 4.78 is 39.2. The average Bonchev–Trinajstić information content (AvgIpc) is 3.66. The molecule has 0 amide bonds. The first-order valence-corrected chi connectivity index (χ1v) is 16.3. The number of aliphatic hydroxyl groups excluding tert-OH is 1. The van der Waals surface area contributed by atoms with Gasteiger partial charge in [0.2, 0.25) is 5.95 Å². The van der Waals surface area contributed by atoms with Crippen molar-refractivity contribution < 1.29 is 38.1 Å². The van der Waals surface area contributed by atoms with E-state index in [1.54, 1.807) is 12.1 Å². The highest BCUT2D eigenvalue weighted by Crippen LogP contribution is 2.52. The number of imidazole rings is 1. The van der Waals surface area contributed by atoms with Crippen molar-refractivity contribution in [1.29, 1.82) is 0 Å². The van der Waals surface area contributed by atoms with Crippen LogP contribution in [0.4, 0.5) is 11.8 Å². The minimum absolute atomic E-state index is 0.0343. The molecule has 17 heteroatoms. The zero-order chi connectivity index (χ0) is 31.3. The molecule has 1 aromatic carbocycles. The Morgan fingerprint density at radius 3 is 2.57 bits per heavy atom. The quantitative estimate of drug-likeness (QED) is 0.157. The molecule has 5 atom stereocenters. The summed E-state index contributed by atoms with van der Waals surface area (Å²) in [4.78, 5) is 25.6. The second-order valence-corrected chi connectivity index (χ2v) is 13.8. The van der Waals surface area contributed by atoms with Gasteiger partial charge in [0, 0.05) is 5.02 Å². The van der Waals surface area contributed by atoms with Gasteiger partial charge in [-0.3, -0.25) is 13.9 Å². The number of carbonyl (C=O) groups excluding carboxylic acids is 1. The monoisotopic (exact) mass is 651 g/mol. The van der Waals surface area contributed by atoms with Gasteiger partial charge in [0.1, 0.15) is 40.7 Å². The number of carbonyl (C=O) groups is 1. The van der Waals surface area contributed by atoms with Crippen LogP contribution in [0, 0.1) is 0 Å². The van der Waals surface area contributed by atoms with Crippen LogP contribution in [-0.2, 0) is 23.4 Å². The first-order valence-electron chi connectivity index (χ1n) is 14.4. The number of benzene rings is 1. The van der Waals surface area contributed by atoms with Crippen LogP contribution < -0.4 is 21.1 Å². The third-order valence-electron chi connectivity index (χ3n) is 8.45. The normalized spacial score (nSPS) is 28.0. The number of fused-ring (bicyclic) bond motifs is 1. The second-order valence-electron chi connectivity index (χ2n) is 11.7. The van der Waals surface area contributed by atoms with Gasteiger partial charge in [-0.1, -0.05) is 11.6 Å². The Labute approximate surface area is 257 Å². The number of esters is 1. The molecule has 15 nitrogen and oxygen atoms in total. The second kappa shape index (κ2) is 11.7. The fourth-order valence-corrected chi connectivity index (χ4v) is 7.69. The van der Waals surface area contributed by atoms with Crippen molar-refractivity contribution >= 4 is 48.2 Å². The van der Waals surface area contributed by atoms with E-state index in [0.717, 1.165) is 25.7 Å². The fraction of sp³-hybridized carbons (Fsp3) is 0.556. The summed E-state index contributed by atoms with van der Waals surface area (Å²) in [6.07, 6.45) is 2.20. The maximum absolute atomic E-state index is 14.3. The Hall–Kier alpha value is -3.04. The highest BCUT2D eigenvalue weighted by atomic mass is 35.5. The Morgan fingerprint density at radius 1 is 1.20 bits per heavy atom. The fourth-order valence-electron chi connectivity index (χ4n) is 5.82. The van der Waals surface area contributed by atoms with E-state index in [2.05, 4.69) is 20.0 Å². The lowest BCUT2D eigenvalue weighted by molar-refractivity contribution is -0.160. The number of nitrogens with one attached hydrogen (secondary N) is 1. The van der Waals surface area contributed by atoms with Crippen LogP contribution in [0.25, 0.3) is 11.2 Å². The van der Waals surface area contributed by atoms with Crippen molar-refractivity contribution in [2.75, 3.05) is 18.1 Å². The van der Waals surface area contributed by atoms with E-state index in [9.17, 15) is 19.6 Å². The summed E-state index contributed by atoms with van der Waals surface area (Å²) in [5, 5.41) is 25.7. The van der Waals surface area contributed by atoms with E-state index in [4.69, 9.17) is 41.6 Å². The number of aromatic nitrogens is 4. The maximum Gasteiger partial charge on any atom is 0.459 e. The van der Waals surface area contributed by atoms with Crippen molar-refractivity contribution in [3.05, 3.63) is 35.6 Å². The van der Waals surface area contributed by atoms with Gasteiger partial charge in [-0.2, -0.15) is 15.1 Å². The Morgan fingerprint density at radius 2 is 1.91 bits per heavy atom. The standard InChI is InChI=1S/C27H35ClN7O8P/c1-26(38)20(36)18(42-23(26)35-14-31-19-21(29)32-25(30)33-22(19)35)13-40-44(39,43-17-9-7-15(28)8-10-17)34-27(11-4-12-27)24(37)41-16-5-2-3-6-16/h7-10,14,16,18,20,23,36,38H,2-6,11-13H2,1H3,(H,34,39)(H4,29,30,32,33)/t18?,20-,23?,26-,44?/m1/s1. The number of rotatable bonds is 10. The molecule has 6 rings (SSSR count). The van der Waals surface area contributed by atoms with Crippen molar-refractivity contribution in [2.45, 2.75) is 87.5 Å². The summed E-state index contributed by atoms with van der Waals surface area (Å²) in [5.41, 5.74) is 8.94. The summed E-state index contributed by atoms with van der Waals surface area (Å²) >= 11 is 6.01. The van der Waals surface area contributed by atoms with Crippen LogP contribution in [-0.4, -0.2) is 71.8 Å². The lowest BCUT2D eigenvalue weighted by atomic mass is 9.78. The molecule has 44 heavy (non-hydrogen) atoms. The number of anilines is 2. The minimum atomic E-state index is -4.33. The number of nitrogens with two attached hydrogens (primary N) is 2. The molecule has 1 aliphatic heterocycles. The molecule has 0 radical (unpaired) electrons. The molecule has 3 heterocycles. The number of aliphatic hydroxyl groups is 2. The van der Waals surface area contributed by atoms with Gasteiger partial charge in [-0.05, 0) is 76.1 Å². The molecule has 0 spiro atoms. The molecular formula is C27H35ClN7O8P. The van der Waals surface area contributed by atoms with E-state index in [0.29, 0.717) is 24.3 Å². The molecule has 3 aromatic rings. The smallest absolute Gasteiger partial charge is 0.459 e. The SMILES string of the molecule is C[C@]1(O)C(n2cnc3c(N)nc(N)nc32)OC(COP(=O)(NC2(C(=O)OC3CCCC3)CCC2)Oc2ccc(Cl)cc2)[C@H]1O. The average molecular weight is 652 g/mol. The molecule has 2 aliphatic carbocycles. The van der Waals surface area contributed by atoms with Crippen molar-refractivity contribution in [1.82, 2.24) is 24.6 Å². The molecule has 7 N–H and O–H groups in total.